The van der Waals surface area contributed by atoms with Gasteiger partial charge < -0.3 is 14.3 Å². The molecule has 0 saturated heterocycles. The SMILES string of the molecule is Cc1c[nH]c(=O)n1-c1ccc(C(=O)N(C)Cc2ccc([C@@H]3C[C@@H]3C)o2)cc1. The van der Waals surface area contributed by atoms with Crippen LogP contribution in [0.4, 0.5) is 0 Å². The number of aromatic nitrogens is 2. The summed E-state index contributed by atoms with van der Waals surface area (Å²) in [6.45, 7) is 4.50. The summed E-state index contributed by atoms with van der Waals surface area (Å²) in [7, 11) is 1.76. The van der Waals surface area contributed by atoms with E-state index >= 15 is 0 Å². The highest BCUT2D eigenvalue weighted by atomic mass is 16.3. The van der Waals surface area contributed by atoms with Gasteiger partial charge in [-0.2, -0.15) is 0 Å². The van der Waals surface area contributed by atoms with Crippen molar-refractivity contribution >= 4 is 5.91 Å². The number of aromatic amines is 1. The number of benzene rings is 1. The Bertz CT molecular complexity index is 1030. The summed E-state index contributed by atoms with van der Waals surface area (Å²) >= 11 is 0. The van der Waals surface area contributed by atoms with Crippen molar-refractivity contribution in [3.8, 4) is 5.69 Å². The molecule has 0 aliphatic heterocycles. The average Bonchev–Trinajstić information content (AvgIpc) is 3.05. The van der Waals surface area contributed by atoms with Crippen LogP contribution < -0.4 is 5.69 Å². The van der Waals surface area contributed by atoms with Gasteiger partial charge in [-0.25, -0.2) is 4.79 Å². The molecule has 1 N–H and O–H groups in total. The van der Waals surface area contributed by atoms with Gasteiger partial charge in [-0.1, -0.05) is 6.92 Å². The second kappa shape index (κ2) is 6.61. The fraction of sp³-hybridized carbons (Fsp3) is 0.333. The molecule has 2 atom stereocenters. The molecule has 0 bridgehead atoms. The second-order valence-corrected chi connectivity index (χ2v) is 7.40. The molecule has 0 spiro atoms. The van der Waals surface area contributed by atoms with Gasteiger partial charge in [0.05, 0.1) is 12.2 Å². The van der Waals surface area contributed by atoms with Crippen molar-refractivity contribution in [1.82, 2.24) is 14.5 Å². The first kappa shape index (κ1) is 17.4. The molecule has 6 nitrogen and oxygen atoms in total. The van der Waals surface area contributed by atoms with E-state index in [0.29, 0.717) is 23.9 Å². The van der Waals surface area contributed by atoms with E-state index in [9.17, 15) is 9.59 Å². The molecule has 27 heavy (non-hydrogen) atoms. The largest absolute Gasteiger partial charge is 0.464 e. The van der Waals surface area contributed by atoms with Gasteiger partial charge in [0.1, 0.15) is 11.5 Å². The molecule has 4 rings (SSSR count). The first-order chi connectivity index (χ1) is 12.9. The van der Waals surface area contributed by atoms with Crippen molar-refractivity contribution < 1.29 is 9.21 Å². The monoisotopic (exact) mass is 365 g/mol. The minimum atomic E-state index is -0.192. The number of amides is 1. The molecule has 2 aromatic heterocycles. The van der Waals surface area contributed by atoms with E-state index in [1.54, 1.807) is 47.0 Å². The number of hydrogen-bond acceptors (Lipinski definition) is 3. The maximum Gasteiger partial charge on any atom is 0.330 e. The molecule has 3 aromatic rings. The minimum absolute atomic E-state index is 0.0857. The van der Waals surface area contributed by atoms with Crippen LogP contribution >= 0.6 is 0 Å². The Balaban J connectivity index is 1.45. The molecule has 6 heteroatoms. The third kappa shape index (κ3) is 3.35. The molecule has 140 valence electrons. The Kier molecular flexibility index (Phi) is 4.26. The Morgan fingerprint density at radius 3 is 2.56 bits per heavy atom. The number of hydrogen-bond donors (Lipinski definition) is 1. The Hall–Kier alpha value is -3.02. The topological polar surface area (TPSA) is 71.2 Å². The molecular weight excluding hydrogens is 342 g/mol. The van der Waals surface area contributed by atoms with Gasteiger partial charge in [0.2, 0.25) is 0 Å². The standard InChI is InChI=1S/C21H23N3O3/c1-13-10-18(13)19-9-8-17(27-19)12-23(3)20(25)15-4-6-16(7-5-15)24-14(2)11-22-21(24)26/h4-9,11,13,18H,10,12H2,1-3H3,(H,22,26)/t13-,18+/m0/s1. The Labute approximate surface area is 157 Å². The van der Waals surface area contributed by atoms with Gasteiger partial charge in [-0.15, -0.1) is 0 Å². The van der Waals surface area contributed by atoms with Gasteiger partial charge in [0, 0.05) is 30.4 Å². The van der Waals surface area contributed by atoms with Crippen molar-refractivity contribution in [3.05, 3.63) is 75.9 Å². The van der Waals surface area contributed by atoms with Crippen LogP contribution in [-0.4, -0.2) is 27.4 Å². The maximum atomic E-state index is 12.7. The fourth-order valence-electron chi connectivity index (χ4n) is 3.45. The highest BCUT2D eigenvalue weighted by Crippen LogP contribution is 2.47. The number of nitrogens with one attached hydrogen (secondary N) is 1. The highest BCUT2D eigenvalue weighted by Gasteiger charge is 2.36. The Morgan fingerprint density at radius 1 is 1.26 bits per heavy atom. The molecule has 1 amide bonds. The quantitative estimate of drug-likeness (QED) is 0.753. The van der Waals surface area contributed by atoms with Crippen molar-refractivity contribution in [2.75, 3.05) is 7.05 Å². The zero-order valence-electron chi connectivity index (χ0n) is 15.7. The minimum Gasteiger partial charge on any atom is -0.464 e. The zero-order valence-corrected chi connectivity index (χ0v) is 15.7. The summed E-state index contributed by atoms with van der Waals surface area (Å²) in [5, 5.41) is 0. The van der Waals surface area contributed by atoms with Crippen molar-refractivity contribution in [2.24, 2.45) is 5.92 Å². The smallest absolute Gasteiger partial charge is 0.330 e. The van der Waals surface area contributed by atoms with Crippen LogP contribution in [0.2, 0.25) is 0 Å². The van der Waals surface area contributed by atoms with Gasteiger partial charge in [0.15, 0.2) is 0 Å². The normalized spacial score (nSPS) is 18.5. The van der Waals surface area contributed by atoms with Crippen LogP contribution in [0.5, 0.6) is 0 Å². The molecule has 1 fully saturated rings. The van der Waals surface area contributed by atoms with E-state index in [4.69, 9.17) is 4.42 Å². The van der Waals surface area contributed by atoms with E-state index in [1.807, 2.05) is 19.1 Å². The molecule has 2 heterocycles. The lowest BCUT2D eigenvalue weighted by Crippen LogP contribution is -2.26. The van der Waals surface area contributed by atoms with Crippen LogP contribution in [0, 0.1) is 12.8 Å². The molecule has 1 aromatic carbocycles. The van der Waals surface area contributed by atoms with E-state index in [1.165, 1.54) is 6.42 Å². The van der Waals surface area contributed by atoms with Gasteiger partial charge in [-0.05, 0) is 55.7 Å². The zero-order chi connectivity index (χ0) is 19.1. The van der Waals surface area contributed by atoms with E-state index in [0.717, 1.165) is 22.9 Å². The fourth-order valence-corrected chi connectivity index (χ4v) is 3.45. The van der Waals surface area contributed by atoms with E-state index in [-0.39, 0.29) is 11.6 Å². The number of nitrogens with zero attached hydrogens (tertiary/aromatic N) is 2. The third-order valence-corrected chi connectivity index (χ3v) is 5.23. The van der Waals surface area contributed by atoms with Gasteiger partial charge >= 0.3 is 5.69 Å². The van der Waals surface area contributed by atoms with Crippen LogP contribution in [0.25, 0.3) is 5.69 Å². The first-order valence-corrected chi connectivity index (χ1v) is 9.15. The van der Waals surface area contributed by atoms with Gasteiger partial charge in [0.25, 0.3) is 5.91 Å². The molecule has 1 aliphatic rings. The van der Waals surface area contributed by atoms with Crippen LogP contribution in [-0.2, 0) is 6.54 Å². The lowest BCUT2D eigenvalue weighted by Gasteiger charge is -2.16. The van der Waals surface area contributed by atoms with Crippen molar-refractivity contribution in [3.63, 3.8) is 0 Å². The van der Waals surface area contributed by atoms with E-state index in [2.05, 4.69) is 11.9 Å². The van der Waals surface area contributed by atoms with Gasteiger partial charge in [-0.3, -0.25) is 9.36 Å². The first-order valence-electron chi connectivity index (χ1n) is 9.15. The van der Waals surface area contributed by atoms with Crippen LogP contribution in [0.1, 0.15) is 46.8 Å². The summed E-state index contributed by atoms with van der Waals surface area (Å²) < 4.78 is 7.46. The second-order valence-electron chi connectivity index (χ2n) is 7.40. The molecule has 0 radical (unpaired) electrons. The van der Waals surface area contributed by atoms with Crippen molar-refractivity contribution in [2.45, 2.75) is 32.7 Å². The summed E-state index contributed by atoms with van der Waals surface area (Å²) in [6.07, 6.45) is 2.84. The lowest BCUT2D eigenvalue weighted by atomic mass is 10.1. The number of carbonyl (C=O) groups is 1. The highest BCUT2D eigenvalue weighted by molar-refractivity contribution is 5.94. The predicted molar refractivity (Wildman–Crippen MR) is 102 cm³/mol. The maximum absolute atomic E-state index is 12.7. The third-order valence-electron chi connectivity index (χ3n) is 5.23. The Morgan fingerprint density at radius 2 is 1.96 bits per heavy atom. The predicted octanol–water partition coefficient (Wildman–Crippen LogP) is 3.46. The average molecular weight is 365 g/mol. The van der Waals surface area contributed by atoms with Crippen LogP contribution in [0.15, 0.2) is 51.8 Å². The molecule has 1 saturated carbocycles. The molecule has 0 unspecified atom stereocenters. The molecular formula is C21H23N3O3. The number of carbonyl (C=O) groups excluding carboxylic acids is 1. The number of rotatable bonds is 5. The summed E-state index contributed by atoms with van der Waals surface area (Å²) in [5.41, 5.74) is 1.93. The van der Waals surface area contributed by atoms with Crippen molar-refractivity contribution in [1.29, 1.82) is 0 Å². The van der Waals surface area contributed by atoms with E-state index < -0.39 is 0 Å². The van der Waals surface area contributed by atoms with Crippen LogP contribution in [0.3, 0.4) is 0 Å². The number of aryl methyl sites for hydroxylation is 1. The lowest BCUT2D eigenvalue weighted by molar-refractivity contribution is 0.0775. The summed E-state index contributed by atoms with van der Waals surface area (Å²) in [4.78, 5) is 28.9. The number of imidazole rings is 1. The number of H-pyrrole nitrogens is 1. The number of furan rings is 1. The summed E-state index contributed by atoms with van der Waals surface area (Å²) in [5.74, 6) is 2.96. The molecule has 1 aliphatic carbocycles. The summed E-state index contributed by atoms with van der Waals surface area (Å²) in [6, 6.07) is 11.0.